The highest BCUT2D eigenvalue weighted by molar-refractivity contribution is 9.10. The van der Waals surface area contributed by atoms with Crippen molar-refractivity contribution in [2.75, 3.05) is 11.8 Å². The Balaban J connectivity index is 2.28. The summed E-state index contributed by atoms with van der Waals surface area (Å²) in [5.74, 6) is 0. The van der Waals surface area contributed by atoms with Gasteiger partial charge in [-0.2, -0.15) is 0 Å². The molecule has 0 aliphatic heterocycles. The fourth-order valence-corrected chi connectivity index (χ4v) is 4.55. The second-order valence-corrected chi connectivity index (χ2v) is 7.98. The number of hydrogen-bond acceptors (Lipinski definition) is 4. The molecule has 0 aliphatic rings. The van der Waals surface area contributed by atoms with E-state index in [2.05, 4.69) is 26.0 Å². The lowest BCUT2D eigenvalue weighted by molar-refractivity contribution is 0.601. The Labute approximate surface area is 135 Å². The van der Waals surface area contributed by atoms with Crippen LogP contribution in [-0.2, 0) is 16.6 Å². The second kappa shape index (κ2) is 6.44. The van der Waals surface area contributed by atoms with Crippen molar-refractivity contribution in [3.05, 3.63) is 44.0 Å². The largest absolute Gasteiger partial charge is 0.315 e. The fraction of sp³-hybridized carbons (Fsp3) is 0.167. The molecule has 1 aromatic carbocycles. The predicted octanol–water partition coefficient (Wildman–Crippen LogP) is 3.68. The molecule has 1 aromatic heterocycles. The molecule has 0 aliphatic carbocycles. The Morgan fingerprint density at radius 1 is 1.35 bits per heavy atom. The van der Waals surface area contributed by atoms with Crippen LogP contribution in [0, 0.1) is 0 Å². The molecule has 0 fully saturated rings. The van der Waals surface area contributed by atoms with E-state index < -0.39 is 10.0 Å². The van der Waals surface area contributed by atoms with E-state index in [4.69, 9.17) is 11.6 Å². The van der Waals surface area contributed by atoms with E-state index in [1.807, 2.05) is 7.05 Å². The quantitative estimate of drug-likeness (QED) is 0.812. The van der Waals surface area contributed by atoms with Crippen LogP contribution in [0.25, 0.3) is 0 Å². The van der Waals surface area contributed by atoms with Gasteiger partial charge in [-0.1, -0.05) is 11.6 Å². The number of sulfonamides is 1. The van der Waals surface area contributed by atoms with E-state index in [-0.39, 0.29) is 4.90 Å². The van der Waals surface area contributed by atoms with E-state index in [9.17, 15) is 8.42 Å². The molecule has 0 spiro atoms. The number of anilines is 1. The first-order valence-electron chi connectivity index (χ1n) is 5.62. The summed E-state index contributed by atoms with van der Waals surface area (Å²) in [4.78, 5) is 1.21. The smallest absolute Gasteiger partial charge is 0.262 e. The third-order valence-electron chi connectivity index (χ3n) is 2.46. The van der Waals surface area contributed by atoms with E-state index in [1.165, 1.54) is 11.3 Å². The zero-order chi connectivity index (χ0) is 14.8. The van der Waals surface area contributed by atoms with E-state index in [1.54, 1.807) is 29.6 Å². The predicted molar refractivity (Wildman–Crippen MR) is 87.0 cm³/mol. The van der Waals surface area contributed by atoms with Gasteiger partial charge in [0.1, 0.15) is 0 Å². The molecular formula is C12H12BrClN2O2S2. The molecule has 20 heavy (non-hydrogen) atoms. The summed E-state index contributed by atoms with van der Waals surface area (Å²) in [6.07, 6.45) is 0. The molecule has 1 heterocycles. The minimum Gasteiger partial charge on any atom is -0.315 e. The van der Waals surface area contributed by atoms with Crippen molar-refractivity contribution >= 4 is 54.6 Å². The summed E-state index contributed by atoms with van der Waals surface area (Å²) in [6, 6.07) is 6.59. The first kappa shape index (κ1) is 15.8. The SMILES string of the molecule is CNCc1cc(S(=O)(=O)Nc2cc(Cl)ccc2Br)cs1. The molecule has 8 heteroatoms. The maximum atomic E-state index is 12.3. The second-order valence-electron chi connectivity index (χ2n) is 4.01. The standard InChI is InChI=1S/C12H12BrClN2O2S2/c1-15-6-9-5-10(7-19-9)20(17,18)16-12-4-8(14)2-3-11(12)13/h2-5,7,15-16H,6H2,1H3. The zero-order valence-corrected chi connectivity index (χ0v) is 14.5. The van der Waals surface area contributed by atoms with Crippen molar-refractivity contribution in [3.63, 3.8) is 0 Å². The maximum absolute atomic E-state index is 12.3. The summed E-state index contributed by atoms with van der Waals surface area (Å²) >= 11 is 10.6. The van der Waals surface area contributed by atoms with Gasteiger partial charge in [0.15, 0.2) is 0 Å². The van der Waals surface area contributed by atoms with Crippen molar-refractivity contribution < 1.29 is 8.42 Å². The van der Waals surface area contributed by atoms with Crippen molar-refractivity contribution in [1.82, 2.24) is 5.32 Å². The number of rotatable bonds is 5. The summed E-state index contributed by atoms with van der Waals surface area (Å²) in [6.45, 7) is 0.640. The third kappa shape index (κ3) is 3.73. The molecule has 2 rings (SSSR count). The van der Waals surface area contributed by atoms with Gasteiger partial charge in [0, 0.05) is 26.3 Å². The van der Waals surface area contributed by atoms with Crippen molar-refractivity contribution in [2.24, 2.45) is 0 Å². The van der Waals surface area contributed by atoms with Gasteiger partial charge in [0.25, 0.3) is 10.0 Å². The lowest BCUT2D eigenvalue weighted by Crippen LogP contribution is -2.12. The van der Waals surface area contributed by atoms with Crippen molar-refractivity contribution in [1.29, 1.82) is 0 Å². The molecule has 2 aromatic rings. The van der Waals surface area contributed by atoms with Gasteiger partial charge in [0.2, 0.25) is 0 Å². The Morgan fingerprint density at radius 2 is 2.10 bits per heavy atom. The van der Waals surface area contributed by atoms with Gasteiger partial charge in [-0.05, 0) is 47.2 Å². The monoisotopic (exact) mass is 394 g/mol. The van der Waals surface area contributed by atoms with Crippen LogP contribution >= 0.6 is 38.9 Å². The van der Waals surface area contributed by atoms with Gasteiger partial charge < -0.3 is 5.32 Å². The van der Waals surface area contributed by atoms with Crippen LogP contribution in [0.5, 0.6) is 0 Å². The summed E-state index contributed by atoms with van der Waals surface area (Å²) in [5.41, 5.74) is 0.416. The minimum atomic E-state index is -3.61. The molecule has 0 atom stereocenters. The minimum absolute atomic E-state index is 0.250. The molecular weight excluding hydrogens is 384 g/mol. The van der Waals surface area contributed by atoms with Gasteiger partial charge in [-0.15, -0.1) is 11.3 Å². The van der Waals surface area contributed by atoms with Crippen molar-refractivity contribution in [2.45, 2.75) is 11.4 Å². The number of hydrogen-bond donors (Lipinski definition) is 2. The average Bonchev–Trinajstić information content (AvgIpc) is 2.83. The topological polar surface area (TPSA) is 58.2 Å². The number of nitrogens with one attached hydrogen (secondary N) is 2. The lowest BCUT2D eigenvalue weighted by atomic mass is 10.3. The summed E-state index contributed by atoms with van der Waals surface area (Å²) in [5, 5.41) is 5.07. The van der Waals surface area contributed by atoms with Crippen LogP contribution in [0.3, 0.4) is 0 Å². The lowest BCUT2D eigenvalue weighted by Gasteiger charge is -2.08. The molecule has 0 amide bonds. The van der Waals surface area contributed by atoms with Crippen molar-refractivity contribution in [3.8, 4) is 0 Å². The molecule has 0 saturated heterocycles. The van der Waals surface area contributed by atoms with E-state index >= 15 is 0 Å². The molecule has 108 valence electrons. The number of halogens is 2. The average molecular weight is 396 g/mol. The summed E-state index contributed by atoms with van der Waals surface area (Å²) < 4.78 is 27.7. The molecule has 0 unspecified atom stereocenters. The van der Waals surface area contributed by atoms with Crippen LogP contribution in [0.2, 0.25) is 5.02 Å². The van der Waals surface area contributed by atoms with Gasteiger partial charge in [0.05, 0.1) is 10.6 Å². The van der Waals surface area contributed by atoms with E-state index in [0.29, 0.717) is 21.7 Å². The molecule has 0 bridgehead atoms. The first-order chi connectivity index (χ1) is 9.42. The number of benzene rings is 1. The third-order valence-corrected chi connectivity index (χ3v) is 5.82. The Kier molecular flexibility index (Phi) is 5.09. The van der Waals surface area contributed by atoms with Crippen LogP contribution in [0.15, 0.2) is 39.0 Å². The van der Waals surface area contributed by atoms with Gasteiger partial charge >= 0.3 is 0 Å². The van der Waals surface area contributed by atoms with E-state index in [0.717, 1.165) is 4.88 Å². The molecule has 4 nitrogen and oxygen atoms in total. The first-order valence-corrected chi connectivity index (χ1v) is 9.15. The molecule has 0 saturated carbocycles. The van der Waals surface area contributed by atoms with Gasteiger partial charge in [-0.3, -0.25) is 4.72 Å². The fourth-order valence-electron chi connectivity index (χ4n) is 1.55. The highest BCUT2D eigenvalue weighted by atomic mass is 79.9. The zero-order valence-electron chi connectivity index (χ0n) is 10.5. The molecule has 0 radical (unpaired) electrons. The highest BCUT2D eigenvalue weighted by Gasteiger charge is 2.17. The Bertz CT molecular complexity index is 716. The number of thiophene rings is 1. The highest BCUT2D eigenvalue weighted by Crippen LogP contribution is 2.29. The van der Waals surface area contributed by atoms with Crippen LogP contribution < -0.4 is 10.0 Å². The molecule has 2 N–H and O–H groups in total. The van der Waals surface area contributed by atoms with Crippen LogP contribution in [-0.4, -0.2) is 15.5 Å². The van der Waals surface area contributed by atoms with Crippen LogP contribution in [0.1, 0.15) is 4.88 Å². The Morgan fingerprint density at radius 3 is 2.80 bits per heavy atom. The van der Waals surface area contributed by atoms with Gasteiger partial charge in [-0.25, -0.2) is 8.42 Å². The van der Waals surface area contributed by atoms with Crippen LogP contribution in [0.4, 0.5) is 5.69 Å². The normalized spacial score (nSPS) is 11.6. The summed E-state index contributed by atoms with van der Waals surface area (Å²) in [7, 11) is -1.79. The maximum Gasteiger partial charge on any atom is 0.262 e. The Hall–Kier alpha value is -0.600.